The van der Waals surface area contributed by atoms with E-state index in [1.165, 1.54) is 16.7 Å². The molecule has 0 aromatic heterocycles. The van der Waals surface area contributed by atoms with Crippen LogP contribution in [0.4, 0.5) is 0 Å². The molecule has 0 spiro atoms. The number of carboxylic acid groups (broad SMARTS) is 1. The lowest BCUT2D eigenvalue weighted by Gasteiger charge is -2.51. The molecule has 30 heavy (non-hydrogen) atoms. The Morgan fingerprint density at radius 1 is 1.07 bits per heavy atom. The van der Waals surface area contributed by atoms with Gasteiger partial charge in [0, 0.05) is 10.3 Å². The smallest absolute Gasteiger partial charge is 0.327 e. The fourth-order valence-corrected chi connectivity index (χ4v) is 6.00. The number of hydrogen-bond donors (Lipinski definition) is 2. The van der Waals surface area contributed by atoms with Crippen LogP contribution in [0.5, 0.6) is 0 Å². The summed E-state index contributed by atoms with van der Waals surface area (Å²) in [5, 5.41) is 12.1. The molecule has 2 aromatic carbocycles. The molecular formula is C23H24N2O4S. The van der Waals surface area contributed by atoms with Crippen molar-refractivity contribution in [2.75, 3.05) is 0 Å². The van der Waals surface area contributed by atoms with Crippen LogP contribution in [-0.2, 0) is 16.0 Å². The number of carbonyl (C=O) groups excluding carboxylic acids is 2. The third kappa shape index (κ3) is 3.17. The monoisotopic (exact) mass is 424 g/mol. The molecule has 0 saturated carbocycles. The third-order valence-electron chi connectivity index (χ3n) is 5.88. The van der Waals surface area contributed by atoms with Crippen molar-refractivity contribution < 1.29 is 19.5 Å². The topological polar surface area (TPSA) is 86.7 Å². The number of carbonyl (C=O) groups is 3. The van der Waals surface area contributed by atoms with Gasteiger partial charge in [-0.2, -0.15) is 0 Å². The summed E-state index contributed by atoms with van der Waals surface area (Å²) in [5.74, 6) is -1.70. The molecule has 2 aliphatic heterocycles. The van der Waals surface area contributed by atoms with Crippen molar-refractivity contribution in [3.63, 3.8) is 0 Å². The van der Waals surface area contributed by atoms with E-state index in [2.05, 4.69) is 5.32 Å². The molecule has 3 atom stereocenters. The normalized spacial score (nSPS) is 26.6. The van der Waals surface area contributed by atoms with E-state index in [9.17, 15) is 19.5 Å². The number of nitrogens with zero attached hydrogens (tertiary/aromatic N) is 1. The lowest BCUT2D eigenvalue weighted by atomic mass is 9.85. The van der Waals surface area contributed by atoms with Crippen LogP contribution in [0.3, 0.4) is 0 Å². The van der Waals surface area contributed by atoms with Gasteiger partial charge in [0.1, 0.15) is 17.0 Å². The number of hydrogen-bond acceptors (Lipinski definition) is 4. The van der Waals surface area contributed by atoms with Crippen LogP contribution in [0.25, 0.3) is 0 Å². The molecule has 2 aliphatic rings. The second-order valence-electron chi connectivity index (χ2n) is 8.50. The fraction of sp³-hybridized carbons (Fsp3) is 0.348. The Balaban J connectivity index is 1.57. The molecule has 4 rings (SSSR count). The summed E-state index contributed by atoms with van der Waals surface area (Å²) in [6, 6.07) is 16.3. The Morgan fingerprint density at radius 2 is 1.70 bits per heavy atom. The first-order chi connectivity index (χ1) is 14.1. The van der Waals surface area contributed by atoms with Crippen LogP contribution < -0.4 is 5.32 Å². The summed E-state index contributed by atoms with van der Waals surface area (Å²) in [6.45, 7) is 5.32. The average Bonchev–Trinajstić information content (AvgIpc) is 2.98. The molecule has 156 valence electrons. The van der Waals surface area contributed by atoms with Crippen LogP contribution in [0.2, 0.25) is 0 Å². The highest BCUT2D eigenvalue weighted by atomic mass is 32.2. The summed E-state index contributed by atoms with van der Waals surface area (Å²) in [7, 11) is 0. The van der Waals surface area contributed by atoms with Crippen LogP contribution >= 0.6 is 11.8 Å². The minimum atomic E-state index is -1.14. The highest BCUT2D eigenvalue weighted by Crippen LogP contribution is 2.54. The quantitative estimate of drug-likeness (QED) is 0.721. The Morgan fingerprint density at radius 3 is 2.37 bits per heavy atom. The molecule has 7 heteroatoms. The summed E-state index contributed by atoms with van der Waals surface area (Å²) in [6.07, 6.45) is 0.605. The van der Waals surface area contributed by atoms with Crippen molar-refractivity contribution in [3.8, 4) is 0 Å². The van der Waals surface area contributed by atoms with E-state index in [0.717, 1.165) is 11.1 Å². The number of thioether (sulfide) groups is 1. The minimum absolute atomic E-state index is 0.325. The number of β-lactam (4-membered cyclic amide) rings is 1. The number of carboxylic acids is 1. The molecule has 2 fully saturated rings. The van der Waals surface area contributed by atoms with Gasteiger partial charge in [0.05, 0.1) is 0 Å². The number of amides is 2. The van der Waals surface area contributed by atoms with E-state index in [-0.39, 0.29) is 11.8 Å². The Labute approximate surface area is 179 Å². The SMILES string of the molecule is CC1(C)S[C@H]2N(C(=O)[C@]2(C)NC(=O)c2ccccc2Cc2ccccc2)[C@H]1C(=O)O. The van der Waals surface area contributed by atoms with Gasteiger partial charge in [-0.1, -0.05) is 48.5 Å². The molecule has 2 aromatic rings. The van der Waals surface area contributed by atoms with E-state index < -0.39 is 27.7 Å². The Hall–Kier alpha value is -2.80. The second-order valence-corrected chi connectivity index (χ2v) is 10.2. The zero-order valence-electron chi connectivity index (χ0n) is 17.1. The van der Waals surface area contributed by atoms with E-state index in [1.54, 1.807) is 19.1 Å². The first-order valence-corrected chi connectivity index (χ1v) is 10.7. The van der Waals surface area contributed by atoms with Crippen LogP contribution in [-0.4, -0.2) is 49.5 Å². The van der Waals surface area contributed by atoms with Crippen LogP contribution in [0.15, 0.2) is 54.6 Å². The highest BCUT2D eigenvalue weighted by molar-refractivity contribution is 8.01. The standard InChI is InChI=1S/C23H24N2O4S/c1-22(2)17(19(27)28)25-20(29)23(3,21(25)30-22)24-18(26)16-12-8-7-11-15(16)13-14-9-5-4-6-10-14/h4-12,17,21H,13H2,1-3H3,(H,24,26)(H,27,28)/t17-,21+,23-/m0/s1. The summed E-state index contributed by atoms with van der Waals surface area (Å²) < 4.78 is -0.639. The van der Waals surface area contributed by atoms with Gasteiger partial charge in [-0.05, 0) is 44.4 Å². The van der Waals surface area contributed by atoms with Gasteiger partial charge < -0.3 is 15.3 Å². The molecule has 0 unspecified atom stereocenters. The van der Waals surface area contributed by atoms with Gasteiger partial charge in [0.2, 0.25) is 0 Å². The molecule has 2 amide bonds. The molecular weight excluding hydrogens is 400 g/mol. The number of fused-ring (bicyclic) bond motifs is 1. The second kappa shape index (κ2) is 7.16. The maximum atomic E-state index is 13.2. The van der Waals surface area contributed by atoms with Crippen molar-refractivity contribution in [1.29, 1.82) is 0 Å². The maximum absolute atomic E-state index is 13.2. The van der Waals surface area contributed by atoms with Gasteiger partial charge in [-0.15, -0.1) is 11.8 Å². The average molecular weight is 425 g/mol. The van der Waals surface area contributed by atoms with Gasteiger partial charge >= 0.3 is 5.97 Å². The predicted octanol–water partition coefficient (Wildman–Crippen LogP) is 2.91. The van der Waals surface area contributed by atoms with E-state index in [4.69, 9.17) is 0 Å². The zero-order chi connectivity index (χ0) is 21.7. The van der Waals surface area contributed by atoms with Gasteiger partial charge in [0.15, 0.2) is 0 Å². The molecule has 2 heterocycles. The van der Waals surface area contributed by atoms with Crippen molar-refractivity contribution in [1.82, 2.24) is 10.2 Å². The third-order valence-corrected chi connectivity index (χ3v) is 7.64. The summed E-state index contributed by atoms with van der Waals surface area (Å²) in [5.41, 5.74) is 1.35. The lowest BCUT2D eigenvalue weighted by molar-refractivity contribution is -0.165. The van der Waals surface area contributed by atoms with Crippen LogP contribution in [0.1, 0.15) is 42.3 Å². The van der Waals surface area contributed by atoms with Crippen molar-refractivity contribution >= 4 is 29.5 Å². The number of rotatable bonds is 5. The predicted molar refractivity (Wildman–Crippen MR) is 115 cm³/mol. The van der Waals surface area contributed by atoms with Crippen molar-refractivity contribution in [2.45, 2.75) is 48.9 Å². The lowest BCUT2D eigenvalue weighted by Crippen LogP contribution is -2.78. The zero-order valence-corrected chi connectivity index (χ0v) is 17.9. The number of nitrogens with one attached hydrogen (secondary N) is 1. The summed E-state index contributed by atoms with van der Waals surface area (Å²) in [4.78, 5) is 39.2. The first kappa shape index (κ1) is 20.5. The van der Waals surface area contributed by atoms with Gasteiger partial charge in [0.25, 0.3) is 11.8 Å². The fourth-order valence-electron chi connectivity index (χ4n) is 4.35. The van der Waals surface area contributed by atoms with E-state index in [1.807, 2.05) is 56.3 Å². The largest absolute Gasteiger partial charge is 0.480 e. The van der Waals surface area contributed by atoms with E-state index >= 15 is 0 Å². The minimum Gasteiger partial charge on any atom is -0.480 e. The first-order valence-electron chi connectivity index (χ1n) is 9.83. The Kier molecular flexibility index (Phi) is 4.89. The highest BCUT2D eigenvalue weighted by Gasteiger charge is 2.70. The molecule has 6 nitrogen and oxygen atoms in total. The molecule has 2 N–H and O–H groups in total. The van der Waals surface area contributed by atoms with Crippen molar-refractivity contribution in [3.05, 3.63) is 71.3 Å². The van der Waals surface area contributed by atoms with Gasteiger partial charge in [-0.25, -0.2) is 4.79 Å². The molecule has 0 radical (unpaired) electrons. The maximum Gasteiger partial charge on any atom is 0.327 e. The summed E-state index contributed by atoms with van der Waals surface area (Å²) >= 11 is 1.42. The van der Waals surface area contributed by atoms with Gasteiger partial charge in [-0.3, -0.25) is 9.59 Å². The van der Waals surface area contributed by atoms with E-state index in [0.29, 0.717) is 12.0 Å². The number of benzene rings is 2. The Bertz CT molecular complexity index is 1020. The van der Waals surface area contributed by atoms with Crippen molar-refractivity contribution in [2.24, 2.45) is 0 Å². The molecule has 0 aliphatic carbocycles. The molecule has 0 bridgehead atoms. The van der Waals surface area contributed by atoms with Crippen LogP contribution in [0, 0.1) is 0 Å². The number of aliphatic carboxylic acids is 1. The molecule has 2 saturated heterocycles.